The van der Waals surface area contributed by atoms with Crippen LogP contribution in [0.3, 0.4) is 0 Å². The molecule has 0 saturated carbocycles. The first kappa shape index (κ1) is 31.5. The largest absolute Gasteiger partial charge is 0.465 e. The van der Waals surface area contributed by atoms with Crippen LogP contribution in [-0.4, -0.2) is 12.6 Å². The highest BCUT2D eigenvalue weighted by molar-refractivity contribution is 5.71. The first-order valence-electron chi connectivity index (χ1n) is 14.8. The van der Waals surface area contributed by atoms with E-state index in [9.17, 15) is 4.79 Å². The van der Waals surface area contributed by atoms with Gasteiger partial charge in [-0.25, -0.2) is 0 Å². The van der Waals surface area contributed by atoms with E-state index in [4.69, 9.17) is 4.74 Å². The summed E-state index contributed by atoms with van der Waals surface area (Å²) in [6.45, 7) is 9.54. The van der Waals surface area contributed by atoms with E-state index in [1.807, 2.05) is 0 Å². The van der Waals surface area contributed by atoms with Crippen LogP contribution in [0, 0.1) is 11.8 Å². The topological polar surface area (TPSA) is 26.3 Å². The summed E-state index contributed by atoms with van der Waals surface area (Å²) in [5, 5.41) is 0. The lowest BCUT2D eigenvalue weighted by atomic mass is 9.95. The van der Waals surface area contributed by atoms with Gasteiger partial charge in [-0.2, -0.15) is 0 Å². The second-order valence-corrected chi connectivity index (χ2v) is 10.4. The number of hydrogen-bond acceptors (Lipinski definition) is 2. The summed E-state index contributed by atoms with van der Waals surface area (Å²) in [5.74, 6) is 0.683. The van der Waals surface area contributed by atoms with E-state index < -0.39 is 0 Å². The fourth-order valence-electron chi connectivity index (χ4n) is 4.61. The zero-order valence-electron chi connectivity index (χ0n) is 22.7. The van der Waals surface area contributed by atoms with E-state index in [0.717, 1.165) is 6.42 Å². The van der Waals surface area contributed by atoms with Gasteiger partial charge in [0.05, 0.1) is 12.5 Å². The molecule has 2 heteroatoms. The van der Waals surface area contributed by atoms with Crippen molar-refractivity contribution in [1.29, 1.82) is 0 Å². The van der Waals surface area contributed by atoms with Crippen LogP contribution in [-0.2, 0) is 9.53 Å². The van der Waals surface area contributed by atoms with Crippen molar-refractivity contribution >= 4 is 5.97 Å². The molecule has 0 heterocycles. The number of hydrogen-bond donors (Lipinski definition) is 0. The smallest absolute Gasteiger partial charge is 0.308 e. The molecule has 32 heavy (non-hydrogen) atoms. The fourth-order valence-corrected chi connectivity index (χ4v) is 4.61. The minimum Gasteiger partial charge on any atom is -0.465 e. The number of esters is 1. The molecule has 2 nitrogen and oxygen atoms in total. The van der Waals surface area contributed by atoms with E-state index in [1.165, 1.54) is 135 Å². The minimum absolute atomic E-state index is 0.0473. The van der Waals surface area contributed by atoms with E-state index in [2.05, 4.69) is 27.7 Å². The number of rotatable bonds is 25. The zero-order valence-corrected chi connectivity index (χ0v) is 22.7. The highest BCUT2D eigenvalue weighted by atomic mass is 16.5. The third-order valence-corrected chi connectivity index (χ3v) is 7.04. The molecular formula is C30H60O2. The van der Waals surface area contributed by atoms with Crippen molar-refractivity contribution in [3.8, 4) is 0 Å². The lowest BCUT2D eigenvalue weighted by Crippen LogP contribution is -2.20. The summed E-state index contributed by atoms with van der Waals surface area (Å²) in [6, 6.07) is 0. The van der Waals surface area contributed by atoms with Gasteiger partial charge in [0.15, 0.2) is 0 Å². The van der Waals surface area contributed by atoms with Crippen molar-refractivity contribution in [1.82, 2.24) is 0 Å². The lowest BCUT2D eigenvalue weighted by Gasteiger charge is -2.19. The van der Waals surface area contributed by atoms with Gasteiger partial charge >= 0.3 is 5.97 Å². The molecule has 2 unspecified atom stereocenters. The van der Waals surface area contributed by atoms with E-state index in [0.29, 0.717) is 12.5 Å². The maximum atomic E-state index is 12.5. The molecule has 0 aromatic heterocycles. The molecule has 0 fully saturated rings. The van der Waals surface area contributed by atoms with Crippen LogP contribution in [0.4, 0.5) is 0 Å². The number of carbonyl (C=O) groups is 1. The van der Waals surface area contributed by atoms with E-state index in [1.54, 1.807) is 0 Å². The van der Waals surface area contributed by atoms with Crippen LogP contribution in [0.2, 0.25) is 0 Å². The molecule has 0 amide bonds. The van der Waals surface area contributed by atoms with Crippen LogP contribution < -0.4 is 0 Å². The quantitative estimate of drug-likeness (QED) is 0.102. The fraction of sp³-hybridized carbons (Fsp3) is 0.967. The van der Waals surface area contributed by atoms with Gasteiger partial charge in [0, 0.05) is 0 Å². The molecule has 0 radical (unpaired) electrons. The van der Waals surface area contributed by atoms with Crippen LogP contribution in [0.25, 0.3) is 0 Å². The Kier molecular flexibility index (Phi) is 24.7. The molecule has 192 valence electrons. The highest BCUT2D eigenvalue weighted by Crippen LogP contribution is 2.21. The molecule has 0 rings (SSSR count). The summed E-state index contributed by atoms with van der Waals surface area (Å²) in [6.07, 6.45) is 28.8. The van der Waals surface area contributed by atoms with Crippen molar-refractivity contribution in [2.75, 3.05) is 6.61 Å². The molecule has 0 aliphatic rings. The van der Waals surface area contributed by atoms with Gasteiger partial charge in [-0.1, -0.05) is 150 Å². The van der Waals surface area contributed by atoms with Crippen molar-refractivity contribution < 1.29 is 9.53 Å². The standard InChI is InChI=1S/C30H60O2/c1-5-8-11-14-16-18-19-21-24-28(4)30(31)32-27-29(25-22-13-10-7-3)26-23-20-17-15-12-9-6-2/h28-29H,5-27H2,1-4H3. The van der Waals surface area contributed by atoms with Gasteiger partial charge in [-0.3, -0.25) is 4.79 Å². The molecular weight excluding hydrogens is 392 g/mol. The molecule has 0 aliphatic carbocycles. The van der Waals surface area contributed by atoms with Crippen LogP contribution in [0.1, 0.15) is 169 Å². The second kappa shape index (κ2) is 25.1. The zero-order chi connectivity index (χ0) is 23.7. The Labute approximate surface area is 203 Å². The minimum atomic E-state index is 0.0473. The van der Waals surface area contributed by atoms with Crippen molar-refractivity contribution in [2.45, 2.75) is 169 Å². The lowest BCUT2D eigenvalue weighted by molar-refractivity contribution is -0.149. The van der Waals surface area contributed by atoms with Crippen molar-refractivity contribution in [3.63, 3.8) is 0 Å². The predicted octanol–water partition coefficient (Wildman–Crippen LogP) is 10.4. The number of unbranched alkanes of at least 4 members (excludes halogenated alkanes) is 16. The molecule has 0 aromatic rings. The maximum Gasteiger partial charge on any atom is 0.308 e. The van der Waals surface area contributed by atoms with Crippen LogP contribution in [0.5, 0.6) is 0 Å². The van der Waals surface area contributed by atoms with Gasteiger partial charge in [0.25, 0.3) is 0 Å². The molecule has 0 aliphatic heterocycles. The van der Waals surface area contributed by atoms with Gasteiger partial charge < -0.3 is 4.74 Å². The van der Waals surface area contributed by atoms with Gasteiger partial charge in [0.2, 0.25) is 0 Å². The molecule has 2 atom stereocenters. The van der Waals surface area contributed by atoms with Crippen LogP contribution in [0.15, 0.2) is 0 Å². The predicted molar refractivity (Wildman–Crippen MR) is 142 cm³/mol. The Morgan fingerprint density at radius 2 is 0.875 bits per heavy atom. The third-order valence-electron chi connectivity index (χ3n) is 7.04. The first-order chi connectivity index (χ1) is 15.7. The summed E-state index contributed by atoms with van der Waals surface area (Å²) in [7, 11) is 0. The van der Waals surface area contributed by atoms with Gasteiger partial charge in [-0.05, 0) is 25.2 Å². The van der Waals surface area contributed by atoms with Crippen LogP contribution >= 0.6 is 0 Å². The van der Waals surface area contributed by atoms with Gasteiger partial charge in [0.1, 0.15) is 0 Å². The maximum absolute atomic E-state index is 12.5. The number of carbonyl (C=O) groups excluding carboxylic acids is 1. The van der Waals surface area contributed by atoms with E-state index in [-0.39, 0.29) is 11.9 Å². The highest BCUT2D eigenvalue weighted by Gasteiger charge is 2.17. The molecule has 0 aromatic carbocycles. The average Bonchev–Trinajstić information content (AvgIpc) is 2.80. The first-order valence-corrected chi connectivity index (χ1v) is 14.8. The second-order valence-electron chi connectivity index (χ2n) is 10.4. The number of ether oxygens (including phenoxy) is 1. The Hall–Kier alpha value is -0.530. The normalized spacial score (nSPS) is 13.2. The molecule has 0 spiro atoms. The Bertz CT molecular complexity index is 379. The summed E-state index contributed by atoms with van der Waals surface area (Å²) in [4.78, 5) is 12.5. The Balaban J connectivity index is 4.01. The van der Waals surface area contributed by atoms with E-state index >= 15 is 0 Å². The Morgan fingerprint density at radius 1 is 0.531 bits per heavy atom. The average molecular weight is 453 g/mol. The van der Waals surface area contributed by atoms with Crippen molar-refractivity contribution in [2.24, 2.45) is 11.8 Å². The summed E-state index contributed by atoms with van der Waals surface area (Å²) < 4.78 is 5.82. The monoisotopic (exact) mass is 452 g/mol. The summed E-state index contributed by atoms with van der Waals surface area (Å²) >= 11 is 0. The van der Waals surface area contributed by atoms with Crippen molar-refractivity contribution in [3.05, 3.63) is 0 Å². The third kappa shape index (κ3) is 21.3. The molecule has 0 saturated heterocycles. The molecule has 0 N–H and O–H groups in total. The molecule has 0 bridgehead atoms. The summed E-state index contributed by atoms with van der Waals surface area (Å²) in [5.41, 5.74) is 0. The van der Waals surface area contributed by atoms with Gasteiger partial charge in [-0.15, -0.1) is 0 Å². The SMILES string of the molecule is CCCCCCCCCCC(C)C(=O)OCC(CCCCCC)CCCCCCCCC. The Morgan fingerprint density at radius 3 is 1.31 bits per heavy atom.